The van der Waals surface area contributed by atoms with Crippen molar-refractivity contribution in [3.63, 3.8) is 0 Å². The second-order valence-electron chi connectivity index (χ2n) is 6.54. The normalized spacial score (nSPS) is 15.6. The van der Waals surface area contributed by atoms with Crippen molar-refractivity contribution in [3.05, 3.63) is 88.1 Å². The van der Waals surface area contributed by atoms with Crippen LogP contribution in [-0.2, 0) is 0 Å². The molecule has 0 radical (unpaired) electrons. The topological polar surface area (TPSA) is 67.3 Å². The molecular formula is C23H17NO3. The number of rotatable bonds is 2. The highest BCUT2D eigenvalue weighted by atomic mass is 16.3. The third-order valence-electron chi connectivity index (χ3n) is 4.80. The van der Waals surface area contributed by atoms with Gasteiger partial charge in [-0.15, -0.1) is 0 Å². The van der Waals surface area contributed by atoms with Gasteiger partial charge in [0.15, 0.2) is 11.6 Å². The zero-order chi connectivity index (χ0) is 19.1. The maximum Gasteiger partial charge on any atom is 0.180 e. The van der Waals surface area contributed by atoms with Gasteiger partial charge < -0.3 is 5.11 Å². The van der Waals surface area contributed by atoms with E-state index in [0.717, 1.165) is 10.8 Å². The first kappa shape index (κ1) is 16.9. The number of Topliss-reactive ketones (excluding diaryl/α,β-unsaturated/α-hetero) is 2. The zero-order valence-corrected chi connectivity index (χ0v) is 14.8. The van der Waals surface area contributed by atoms with E-state index in [1.54, 1.807) is 37.3 Å². The van der Waals surface area contributed by atoms with E-state index in [0.29, 0.717) is 22.0 Å². The van der Waals surface area contributed by atoms with Crippen molar-refractivity contribution >= 4 is 34.7 Å². The molecule has 0 bridgehead atoms. The first-order chi connectivity index (χ1) is 13.0. The Bertz CT molecular complexity index is 1200. The summed E-state index contributed by atoms with van der Waals surface area (Å²) in [4.78, 5) is 30.4. The van der Waals surface area contributed by atoms with Crippen molar-refractivity contribution in [2.75, 3.05) is 0 Å². The van der Waals surface area contributed by atoms with Gasteiger partial charge >= 0.3 is 0 Å². The number of aliphatic hydroxyl groups excluding tert-OH is 1. The molecule has 4 nitrogen and oxygen atoms in total. The van der Waals surface area contributed by atoms with Crippen LogP contribution in [0, 0.1) is 0 Å². The lowest BCUT2D eigenvalue weighted by atomic mass is 9.99. The van der Waals surface area contributed by atoms with Crippen molar-refractivity contribution in [2.45, 2.75) is 12.8 Å². The molecule has 1 aromatic heterocycles. The van der Waals surface area contributed by atoms with E-state index in [1.165, 1.54) is 6.08 Å². The van der Waals surface area contributed by atoms with Gasteiger partial charge in [-0.1, -0.05) is 43.0 Å². The number of nitrogens with zero attached hydrogens (tertiary/aromatic N) is 1. The van der Waals surface area contributed by atoms with E-state index < -0.39 is 5.92 Å². The summed E-state index contributed by atoms with van der Waals surface area (Å²) in [5.74, 6) is -1.57. The third kappa shape index (κ3) is 2.66. The van der Waals surface area contributed by atoms with Gasteiger partial charge in [0.1, 0.15) is 17.0 Å². The monoisotopic (exact) mass is 355 g/mol. The molecule has 1 aliphatic carbocycles. The highest BCUT2D eigenvalue weighted by molar-refractivity contribution is 6.30. The molecule has 132 valence electrons. The average Bonchev–Trinajstić information content (AvgIpc) is 2.91. The summed E-state index contributed by atoms with van der Waals surface area (Å²) >= 11 is 0. The lowest BCUT2D eigenvalue weighted by Crippen LogP contribution is -2.32. The van der Waals surface area contributed by atoms with E-state index in [2.05, 4.69) is 11.6 Å². The molecular weight excluding hydrogens is 338 g/mol. The molecule has 0 fully saturated rings. The summed E-state index contributed by atoms with van der Waals surface area (Å²) in [6, 6.07) is 14.5. The van der Waals surface area contributed by atoms with Crippen LogP contribution >= 0.6 is 0 Å². The summed E-state index contributed by atoms with van der Waals surface area (Å²) in [7, 11) is 0. The van der Waals surface area contributed by atoms with Crippen molar-refractivity contribution in [1.82, 2.24) is 4.98 Å². The molecule has 0 atom stereocenters. The zero-order valence-electron chi connectivity index (χ0n) is 14.8. The van der Waals surface area contributed by atoms with Crippen molar-refractivity contribution in [2.24, 2.45) is 0 Å². The van der Waals surface area contributed by atoms with Gasteiger partial charge in [0.2, 0.25) is 0 Å². The molecule has 1 N–H and O–H groups in total. The Kier molecular flexibility index (Phi) is 3.96. The van der Waals surface area contributed by atoms with Gasteiger partial charge in [-0.05, 0) is 47.2 Å². The number of allylic oxidation sites excluding steroid dienone is 1. The van der Waals surface area contributed by atoms with Crippen molar-refractivity contribution in [3.8, 4) is 0 Å². The number of carbonyl (C=O) groups excluding carboxylic acids is 2. The molecule has 4 heteroatoms. The number of ketones is 2. The molecule has 0 spiro atoms. The lowest BCUT2D eigenvalue weighted by molar-refractivity contribution is 0.0888. The minimum absolute atomic E-state index is 0.0505. The maximum atomic E-state index is 13.0. The Labute approximate surface area is 155 Å². The number of hydrogen-bond donors (Lipinski definition) is 1. The molecule has 0 unspecified atom stereocenters. The second kappa shape index (κ2) is 6.32. The van der Waals surface area contributed by atoms with Crippen LogP contribution in [0.15, 0.2) is 60.7 Å². The molecule has 0 amide bonds. The van der Waals surface area contributed by atoms with Crippen LogP contribution in [0.2, 0.25) is 0 Å². The molecule has 3 aromatic rings. The highest BCUT2D eigenvalue weighted by Crippen LogP contribution is 2.35. The maximum absolute atomic E-state index is 13.0. The van der Waals surface area contributed by atoms with Crippen molar-refractivity contribution < 1.29 is 14.7 Å². The number of hydrogen-bond acceptors (Lipinski definition) is 4. The van der Waals surface area contributed by atoms with Crippen LogP contribution in [0.1, 0.15) is 39.3 Å². The second-order valence-corrected chi connectivity index (χ2v) is 6.54. The highest BCUT2D eigenvalue weighted by Gasteiger charge is 2.40. The molecule has 0 aliphatic heterocycles. The Balaban J connectivity index is 1.89. The Morgan fingerprint density at radius 2 is 1.63 bits per heavy atom. The Morgan fingerprint density at radius 3 is 2.19 bits per heavy atom. The smallest absolute Gasteiger partial charge is 0.180 e. The third-order valence-corrected chi connectivity index (χ3v) is 4.80. The Morgan fingerprint density at radius 1 is 1.04 bits per heavy atom. The van der Waals surface area contributed by atoms with E-state index in [-0.39, 0.29) is 22.7 Å². The minimum atomic E-state index is -0.991. The lowest BCUT2D eigenvalue weighted by Gasteiger charge is -2.06. The largest absolute Gasteiger partial charge is 0.506 e. The molecule has 1 aliphatic rings. The van der Waals surface area contributed by atoms with E-state index in [9.17, 15) is 14.7 Å². The van der Waals surface area contributed by atoms with Crippen LogP contribution in [-0.4, -0.2) is 21.7 Å². The first-order valence-corrected chi connectivity index (χ1v) is 8.64. The van der Waals surface area contributed by atoms with Gasteiger partial charge in [-0.2, -0.15) is 0 Å². The number of pyridine rings is 1. The summed E-state index contributed by atoms with van der Waals surface area (Å²) < 4.78 is 0. The van der Waals surface area contributed by atoms with Crippen LogP contribution in [0.5, 0.6) is 0 Å². The summed E-state index contributed by atoms with van der Waals surface area (Å²) in [6.45, 7) is 5.63. The van der Waals surface area contributed by atoms with Crippen LogP contribution in [0.4, 0.5) is 0 Å². The van der Waals surface area contributed by atoms with Gasteiger partial charge in [0, 0.05) is 11.1 Å². The van der Waals surface area contributed by atoms with Crippen LogP contribution in [0.25, 0.3) is 23.1 Å². The molecule has 27 heavy (non-hydrogen) atoms. The minimum Gasteiger partial charge on any atom is -0.506 e. The fourth-order valence-corrected chi connectivity index (χ4v) is 3.47. The molecule has 0 saturated carbocycles. The summed E-state index contributed by atoms with van der Waals surface area (Å²) in [5.41, 5.74) is 1.17. The fraction of sp³-hybridized carbons (Fsp3) is 0.0870. The predicted octanol–water partition coefficient (Wildman–Crippen LogP) is 3.05. The quantitative estimate of drug-likeness (QED) is 0.718. The fourth-order valence-electron chi connectivity index (χ4n) is 3.47. The predicted molar refractivity (Wildman–Crippen MR) is 105 cm³/mol. The van der Waals surface area contributed by atoms with E-state index in [1.807, 2.05) is 24.3 Å². The summed E-state index contributed by atoms with van der Waals surface area (Å²) in [6.07, 6.45) is 3.18. The molecule has 2 aromatic carbocycles. The standard InChI is InChI=1S/C23H17NO3/c1-3-6-19(25)21-13(2)9-10-18(24-21)20-22(26)16-11-14-7-4-5-8-15(14)12-17(16)23(20)27/h3-12,20,25H,2H2,1H3/b6-3-,21-19-. The van der Waals surface area contributed by atoms with Crippen molar-refractivity contribution in [1.29, 1.82) is 0 Å². The number of fused-ring (bicyclic) bond motifs is 2. The molecule has 4 rings (SSSR count). The SMILES string of the molecule is C=c1ccc(C2C(=O)c3cc4ccccc4cc3C2=O)n/c1=C(O)/C=C\C. The summed E-state index contributed by atoms with van der Waals surface area (Å²) in [5, 5.41) is 12.8. The number of carbonyl (C=O) groups is 2. The van der Waals surface area contributed by atoms with E-state index >= 15 is 0 Å². The van der Waals surface area contributed by atoms with Gasteiger partial charge in [-0.25, -0.2) is 4.98 Å². The Hall–Kier alpha value is -3.53. The number of aromatic nitrogens is 1. The molecule has 0 saturated heterocycles. The van der Waals surface area contributed by atoms with Gasteiger partial charge in [0.05, 0.1) is 5.69 Å². The van der Waals surface area contributed by atoms with Gasteiger partial charge in [0.25, 0.3) is 0 Å². The first-order valence-electron chi connectivity index (χ1n) is 8.64. The number of benzene rings is 2. The van der Waals surface area contributed by atoms with Crippen LogP contribution in [0.3, 0.4) is 0 Å². The molecule has 1 heterocycles. The van der Waals surface area contributed by atoms with E-state index in [4.69, 9.17) is 0 Å². The number of aliphatic hydroxyl groups is 1. The van der Waals surface area contributed by atoms with Gasteiger partial charge in [-0.3, -0.25) is 9.59 Å². The average molecular weight is 355 g/mol. The van der Waals surface area contributed by atoms with Crippen LogP contribution < -0.4 is 10.6 Å².